The molecule has 0 radical (unpaired) electrons. The Morgan fingerprint density at radius 1 is 1.23 bits per heavy atom. The molecule has 164 valence electrons. The molecule has 31 heavy (non-hydrogen) atoms. The van der Waals surface area contributed by atoms with Crippen molar-refractivity contribution >= 4 is 46.6 Å². The van der Waals surface area contributed by atoms with Crippen LogP contribution in [0.4, 0.5) is 23.1 Å². The quantitative estimate of drug-likeness (QED) is 0.651. The number of nitrogens with two attached hydrogens (primary N) is 1. The monoisotopic (exact) mass is 442 g/mol. The average Bonchev–Trinajstić information content (AvgIpc) is 2.89. The molecule has 2 unspecified atom stereocenters. The van der Waals surface area contributed by atoms with E-state index < -0.39 is 0 Å². The number of carbonyl (C=O) groups excluding carboxylic acids is 2. The Bertz CT molecular complexity index is 998. The van der Waals surface area contributed by atoms with Crippen LogP contribution in [0.25, 0.3) is 0 Å². The third-order valence-electron chi connectivity index (χ3n) is 6.11. The van der Waals surface area contributed by atoms with E-state index in [9.17, 15) is 9.59 Å². The van der Waals surface area contributed by atoms with Crippen molar-refractivity contribution in [2.24, 2.45) is 11.7 Å². The number of hydrogen-bond acceptors (Lipinski definition) is 6. The van der Waals surface area contributed by atoms with E-state index >= 15 is 0 Å². The molecule has 1 aromatic carbocycles. The number of nitrogens with zero attached hydrogens (tertiary/aromatic N) is 3. The van der Waals surface area contributed by atoms with E-state index in [4.69, 9.17) is 17.3 Å². The second kappa shape index (κ2) is 9.09. The number of primary amides is 1. The summed E-state index contributed by atoms with van der Waals surface area (Å²) >= 11 is 6.32. The van der Waals surface area contributed by atoms with Gasteiger partial charge in [0.05, 0.1) is 12.1 Å². The lowest BCUT2D eigenvalue weighted by Gasteiger charge is -2.30. The molecule has 1 aliphatic heterocycles. The molecule has 2 atom stereocenters. The van der Waals surface area contributed by atoms with Crippen molar-refractivity contribution in [3.63, 3.8) is 0 Å². The molecule has 0 saturated heterocycles. The van der Waals surface area contributed by atoms with Crippen molar-refractivity contribution in [1.82, 2.24) is 9.97 Å². The number of nitrogens with one attached hydrogen (secondary N) is 2. The van der Waals surface area contributed by atoms with Crippen LogP contribution in [0.15, 0.2) is 24.4 Å². The first-order chi connectivity index (χ1) is 14.9. The zero-order valence-electron chi connectivity index (χ0n) is 17.5. The van der Waals surface area contributed by atoms with E-state index in [1.165, 1.54) is 6.20 Å². The number of rotatable bonds is 5. The highest BCUT2D eigenvalue weighted by atomic mass is 35.5. The molecular formula is C22H27ClN6O2. The molecule has 1 aliphatic carbocycles. The zero-order valence-corrected chi connectivity index (χ0v) is 18.3. The Morgan fingerprint density at radius 2 is 2.03 bits per heavy atom. The number of aromatic nitrogens is 2. The molecule has 0 bridgehead atoms. The summed E-state index contributed by atoms with van der Waals surface area (Å²) in [6.45, 7) is 0. The Labute approximate surface area is 186 Å². The lowest BCUT2D eigenvalue weighted by Crippen LogP contribution is -2.40. The van der Waals surface area contributed by atoms with Gasteiger partial charge >= 0.3 is 0 Å². The fourth-order valence-corrected chi connectivity index (χ4v) is 4.55. The maximum atomic E-state index is 12.1. The Hall–Kier alpha value is -2.87. The summed E-state index contributed by atoms with van der Waals surface area (Å²) in [5.41, 5.74) is 8.46. The van der Waals surface area contributed by atoms with Gasteiger partial charge in [-0.15, -0.1) is 0 Å². The van der Waals surface area contributed by atoms with Crippen LogP contribution in [-0.2, 0) is 16.0 Å². The third-order valence-corrected chi connectivity index (χ3v) is 6.38. The first-order valence-electron chi connectivity index (χ1n) is 10.7. The van der Waals surface area contributed by atoms with Crippen LogP contribution in [-0.4, -0.2) is 34.9 Å². The first kappa shape index (κ1) is 21.4. The predicted molar refractivity (Wildman–Crippen MR) is 122 cm³/mol. The molecule has 2 aromatic rings. The van der Waals surface area contributed by atoms with Gasteiger partial charge in [0.1, 0.15) is 5.02 Å². The summed E-state index contributed by atoms with van der Waals surface area (Å²) < 4.78 is 0. The van der Waals surface area contributed by atoms with Crippen molar-refractivity contribution in [1.29, 1.82) is 0 Å². The normalized spacial score (nSPS) is 21.2. The van der Waals surface area contributed by atoms with Gasteiger partial charge in [-0.05, 0) is 49.4 Å². The fourth-order valence-electron chi connectivity index (χ4n) is 4.40. The van der Waals surface area contributed by atoms with Crippen LogP contribution in [0.3, 0.4) is 0 Å². The summed E-state index contributed by atoms with van der Waals surface area (Å²) in [6, 6.07) is 5.78. The van der Waals surface area contributed by atoms with Gasteiger partial charge in [-0.25, -0.2) is 4.98 Å². The highest BCUT2D eigenvalue weighted by Crippen LogP contribution is 2.31. The Balaban J connectivity index is 1.53. The zero-order chi connectivity index (χ0) is 22.0. The lowest BCUT2D eigenvalue weighted by molar-refractivity contribution is -0.123. The fraction of sp³-hybridized carbons (Fsp3) is 0.455. The molecule has 9 heteroatoms. The van der Waals surface area contributed by atoms with Crippen molar-refractivity contribution < 1.29 is 9.59 Å². The van der Waals surface area contributed by atoms with Crippen LogP contribution >= 0.6 is 11.6 Å². The number of hydrogen-bond donors (Lipinski definition) is 3. The van der Waals surface area contributed by atoms with Crippen LogP contribution in [0.2, 0.25) is 5.02 Å². The number of anilines is 4. The minimum atomic E-state index is -0.297. The molecule has 2 amide bonds. The van der Waals surface area contributed by atoms with E-state index in [0.717, 1.165) is 55.5 Å². The maximum Gasteiger partial charge on any atom is 0.229 e. The average molecular weight is 443 g/mol. The Morgan fingerprint density at radius 3 is 2.84 bits per heavy atom. The van der Waals surface area contributed by atoms with Crippen molar-refractivity contribution in [2.75, 3.05) is 22.6 Å². The maximum absolute atomic E-state index is 12.1. The molecule has 1 fully saturated rings. The van der Waals surface area contributed by atoms with E-state index in [1.807, 2.05) is 25.2 Å². The largest absolute Gasteiger partial charge is 0.369 e. The second-order valence-corrected chi connectivity index (χ2v) is 8.62. The van der Waals surface area contributed by atoms with Crippen LogP contribution in [0.5, 0.6) is 0 Å². The van der Waals surface area contributed by atoms with Crippen molar-refractivity contribution in [3.05, 3.63) is 35.0 Å². The molecular weight excluding hydrogens is 416 g/mol. The lowest BCUT2D eigenvalue weighted by atomic mass is 9.84. The number of amides is 2. The molecule has 2 heterocycles. The van der Waals surface area contributed by atoms with Crippen molar-refractivity contribution in [2.45, 2.75) is 51.0 Å². The van der Waals surface area contributed by atoms with Gasteiger partial charge in [-0.2, -0.15) is 4.98 Å². The molecule has 2 aliphatic rings. The van der Waals surface area contributed by atoms with Gasteiger partial charge in [-0.1, -0.05) is 24.4 Å². The summed E-state index contributed by atoms with van der Waals surface area (Å²) in [6.07, 6.45) is 7.39. The summed E-state index contributed by atoms with van der Waals surface area (Å²) in [5, 5.41) is 6.92. The standard InChI is InChI=1S/C22H27ClN6O2/c1-29-18-10-9-14(11-13(18)5-4-8-19(29)30)26-22-25-12-16(23)21(28-22)27-17-7-3-2-6-15(17)20(24)31/h9-12,15,17H,2-8H2,1H3,(H2,24,31)(H2,25,26,27,28). The first-order valence-corrected chi connectivity index (χ1v) is 11.0. The number of carbonyl (C=O) groups is 2. The second-order valence-electron chi connectivity index (χ2n) is 8.21. The minimum Gasteiger partial charge on any atom is -0.369 e. The predicted octanol–water partition coefficient (Wildman–Crippen LogP) is 3.63. The van der Waals surface area contributed by atoms with Crippen LogP contribution in [0, 0.1) is 5.92 Å². The molecule has 4 rings (SSSR count). The topological polar surface area (TPSA) is 113 Å². The molecule has 1 saturated carbocycles. The van der Waals surface area contributed by atoms with E-state index in [2.05, 4.69) is 20.6 Å². The summed E-state index contributed by atoms with van der Waals surface area (Å²) in [7, 11) is 1.81. The third kappa shape index (κ3) is 4.74. The number of halogens is 1. The van der Waals surface area contributed by atoms with Gasteiger partial charge in [0.2, 0.25) is 17.8 Å². The molecule has 1 aromatic heterocycles. The van der Waals surface area contributed by atoms with Gasteiger partial charge in [0, 0.05) is 30.9 Å². The van der Waals surface area contributed by atoms with Crippen LogP contribution < -0.4 is 21.3 Å². The SMILES string of the molecule is CN1C(=O)CCCc2cc(Nc3ncc(Cl)c(NC4CCCCC4C(N)=O)n3)ccc21. The van der Waals surface area contributed by atoms with E-state index in [0.29, 0.717) is 23.2 Å². The minimum absolute atomic E-state index is 0.0907. The highest BCUT2D eigenvalue weighted by molar-refractivity contribution is 6.32. The molecule has 4 N–H and O–H groups in total. The number of aryl methyl sites for hydroxylation is 1. The highest BCUT2D eigenvalue weighted by Gasteiger charge is 2.30. The van der Waals surface area contributed by atoms with Gasteiger partial charge < -0.3 is 21.3 Å². The number of fused-ring (bicyclic) bond motifs is 1. The van der Waals surface area contributed by atoms with E-state index in [-0.39, 0.29) is 23.8 Å². The van der Waals surface area contributed by atoms with Gasteiger partial charge in [0.25, 0.3) is 0 Å². The number of benzene rings is 1. The van der Waals surface area contributed by atoms with Crippen molar-refractivity contribution in [3.8, 4) is 0 Å². The van der Waals surface area contributed by atoms with Gasteiger partial charge in [-0.3, -0.25) is 9.59 Å². The smallest absolute Gasteiger partial charge is 0.229 e. The molecule has 8 nitrogen and oxygen atoms in total. The van der Waals surface area contributed by atoms with E-state index in [1.54, 1.807) is 4.90 Å². The molecule has 0 spiro atoms. The Kier molecular flexibility index (Phi) is 6.27. The van der Waals surface area contributed by atoms with Gasteiger partial charge in [0.15, 0.2) is 5.82 Å². The van der Waals surface area contributed by atoms with Crippen LogP contribution in [0.1, 0.15) is 44.1 Å². The summed E-state index contributed by atoms with van der Waals surface area (Å²) in [5.74, 6) is 0.483. The summed E-state index contributed by atoms with van der Waals surface area (Å²) in [4.78, 5) is 34.4.